The smallest absolute Gasteiger partial charge is 0.328 e. The third kappa shape index (κ3) is 2.41. The standard InChI is InChI=1S/C20H28N2O5/c23-17-10-21-18(24)22(17)11-12-1-3-19(4-2-12)25-20(27-26-19)15-6-13-5-14(8-15)9-16(20)7-13/h10,12-16,23H,1-9,11H2,(H,21,24). The molecule has 1 aromatic heterocycles. The first-order valence-electron chi connectivity index (χ1n) is 10.6. The second-order valence-corrected chi connectivity index (χ2v) is 9.71. The Kier molecular flexibility index (Phi) is 3.46. The maximum atomic E-state index is 11.8. The van der Waals surface area contributed by atoms with Crippen LogP contribution in [0.1, 0.15) is 57.8 Å². The molecule has 0 radical (unpaired) electrons. The van der Waals surface area contributed by atoms with E-state index in [0.717, 1.165) is 37.5 Å². The molecule has 0 atom stereocenters. The number of H-pyrrole nitrogens is 1. The summed E-state index contributed by atoms with van der Waals surface area (Å²) in [6.07, 6.45) is 11.0. The van der Waals surface area contributed by atoms with Crippen LogP contribution in [0.5, 0.6) is 5.88 Å². The molecule has 7 rings (SSSR count). The van der Waals surface area contributed by atoms with Crippen LogP contribution in [0.25, 0.3) is 0 Å². The summed E-state index contributed by atoms with van der Waals surface area (Å²) in [4.78, 5) is 26.3. The fourth-order valence-corrected chi connectivity index (χ4v) is 6.92. The third-order valence-corrected chi connectivity index (χ3v) is 8.10. The highest BCUT2D eigenvalue weighted by Crippen LogP contribution is 2.63. The number of aromatic amines is 1. The molecule has 0 amide bonds. The van der Waals surface area contributed by atoms with Crippen molar-refractivity contribution in [1.82, 2.24) is 9.55 Å². The van der Waals surface area contributed by atoms with E-state index >= 15 is 0 Å². The van der Waals surface area contributed by atoms with Gasteiger partial charge < -0.3 is 14.8 Å². The van der Waals surface area contributed by atoms with E-state index in [-0.39, 0.29) is 11.6 Å². The monoisotopic (exact) mass is 376 g/mol. The van der Waals surface area contributed by atoms with Crippen molar-refractivity contribution in [3.63, 3.8) is 0 Å². The lowest BCUT2D eigenvalue weighted by molar-refractivity contribution is -0.390. The fraction of sp³-hybridized carbons (Fsp3) is 0.850. The van der Waals surface area contributed by atoms with Gasteiger partial charge in [0.15, 0.2) is 0 Å². The minimum Gasteiger partial charge on any atom is -0.493 e. The molecular formula is C20H28N2O5. The molecule has 5 saturated carbocycles. The molecule has 148 valence electrons. The van der Waals surface area contributed by atoms with Crippen molar-refractivity contribution in [2.24, 2.45) is 29.6 Å². The number of aromatic nitrogens is 2. The summed E-state index contributed by atoms with van der Waals surface area (Å²) >= 11 is 0. The molecule has 6 fully saturated rings. The third-order valence-electron chi connectivity index (χ3n) is 8.10. The van der Waals surface area contributed by atoms with Crippen molar-refractivity contribution >= 4 is 0 Å². The summed E-state index contributed by atoms with van der Waals surface area (Å²) in [5.74, 6) is 1.92. The molecule has 1 aliphatic heterocycles. The van der Waals surface area contributed by atoms with E-state index in [0.29, 0.717) is 24.3 Å². The van der Waals surface area contributed by atoms with Crippen LogP contribution in [0, 0.1) is 29.6 Å². The largest absolute Gasteiger partial charge is 0.493 e. The van der Waals surface area contributed by atoms with E-state index in [1.807, 2.05) is 0 Å². The van der Waals surface area contributed by atoms with Crippen LogP contribution < -0.4 is 5.69 Å². The summed E-state index contributed by atoms with van der Waals surface area (Å²) < 4.78 is 8.13. The highest BCUT2D eigenvalue weighted by Gasteiger charge is 2.66. The van der Waals surface area contributed by atoms with Gasteiger partial charge in [-0.1, -0.05) is 0 Å². The second kappa shape index (κ2) is 5.61. The highest BCUT2D eigenvalue weighted by molar-refractivity contribution is 5.06. The van der Waals surface area contributed by atoms with Crippen LogP contribution in [0.4, 0.5) is 0 Å². The zero-order chi connectivity index (χ0) is 18.2. The predicted molar refractivity (Wildman–Crippen MR) is 94.4 cm³/mol. The van der Waals surface area contributed by atoms with E-state index < -0.39 is 11.6 Å². The number of nitrogens with zero attached hydrogens (tertiary/aromatic N) is 1. The summed E-state index contributed by atoms with van der Waals surface area (Å²) in [5.41, 5.74) is -0.253. The zero-order valence-corrected chi connectivity index (χ0v) is 15.6. The van der Waals surface area contributed by atoms with E-state index in [4.69, 9.17) is 14.5 Å². The van der Waals surface area contributed by atoms with Gasteiger partial charge in [0.25, 0.3) is 0 Å². The first-order chi connectivity index (χ1) is 13.1. The SMILES string of the molecule is O=c1[nH]cc(O)n1CC1CCC2(CC1)OOC1(O2)C2CC3CC(C2)CC1C3. The Morgan fingerprint density at radius 2 is 1.74 bits per heavy atom. The molecule has 2 spiro atoms. The van der Waals surface area contributed by atoms with Crippen LogP contribution in [0.3, 0.4) is 0 Å². The van der Waals surface area contributed by atoms with Gasteiger partial charge in [-0.25, -0.2) is 4.79 Å². The van der Waals surface area contributed by atoms with E-state index in [1.54, 1.807) is 0 Å². The Morgan fingerprint density at radius 3 is 2.33 bits per heavy atom. The zero-order valence-electron chi connectivity index (χ0n) is 15.6. The van der Waals surface area contributed by atoms with Crippen molar-refractivity contribution in [1.29, 1.82) is 0 Å². The number of rotatable bonds is 2. The van der Waals surface area contributed by atoms with Crippen LogP contribution >= 0.6 is 0 Å². The lowest BCUT2D eigenvalue weighted by atomic mass is 9.53. The summed E-state index contributed by atoms with van der Waals surface area (Å²) in [6.45, 7) is 0.533. The minimum atomic E-state index is -0.614. The van der Waals surface area contributed by atoms with Crippen molar-refractivity contribution in [2.45, 2.75) is 75.9 Å². The van der Waals surface area contributed by atoms with Gasteiger partial charge in [0, 0.05) is 31.2 Å². The van der Waals surface area contributed by atoms with Crippen LogP contribution in [0.2, 0.25) is 0 Å². The fourth-order valence-electron chi connectivity index (χ4n) is 6.92. The topological polar surface area (TPSA) is 85.7 Å². The average Bonchev–Trinajstić information content (AvgIpc) is 3.18. The van der Waals surface area contributed by atoms with Gasteiger partial charge in [-0.15, -0.1) is 0 Å². The molecule has 1 aromatic rings. The number of hydrogen-bond donors (Lipinski definition) is 2. The first-order valence-corrected chi connectivity index (χ1v) is 10.6. The molecule has 0 unspecified atom stereocenters. The van der Waals surface area contributed by atoms with E-state index in [2.05, 4.69) is 4.98 Å². The maximum Gasteiger partial charge on any atom is 0.328 e. The van der Waals surface area contributed by atoms with Gasteiger partial charge in [-0.2, -0.15) is 9.78 Å². The first kappa shape index (κ1) is 16.6. The predicted octanol–water partition coefficient (Wildman–Crippen LogP) is 2.90. The van der Waals surface area contributed by atoms with Gasteiger partial charge in [0.05, 0.1) is 6.20 Å². The molecule has 4 bridgehead atoms. The lowest BCUT2D eigenvalue weighted by Gasteiger charge is -2.57. The van der Waals surface area contributed by atoms with Gasteiger partial charge in [-0.05, 0) is 62.7 Å². The molecule has 7 heteroatoms. The quantitative estimate of drug-likeness (QED) is 0.775. The summed E-state index contributed by atoms with van der Waals surface area (Å²) in [6, 6.07) is 0. The molecular weight excluding hydrogens is 348 g/mol. The van der Waals surface area contributed by atoms with E-state index in [1.165, 1.54) is 42.9 Å². The Labute approximate surface area is 157 Å². The summed E-state index contributed by atoms with van der Waals surface area (Å²) in [7, 11) is 0. The Morgan fingerprint density at radius 1 is 1.07 bits per heavy atom. The molecule has 6 aliphatic rings. The molecule has 7 nitrogen and oxygen atoms in total. The maximum absolute atomic E-state index is 11.8. The Hall–Kier alpha value is -1.31. The van der Waals surface area contributed by atoms with Crippen LogP contribution in [0.15, 0.2) is 11.0 Å². The number of nitrogens with one attached hydrogen (secondary N) is 1. The lowest BCUT2D eigenvalue weighted by Crippen LogP contribution is -2.59. The van der Waals surface area contributed by atoms with Gasteiger partial charge in [0.2, 0.25) is 17.5 Å². The molecule has 1 saturated heterocycles. The van der Waals surface area contributed by atoms with Crippen LogP contribution in [-0.4, -0.2) is 26.2 Å². The van der Waals surface area contributed by atoms with Crippen molar-refractivity contribution in [2.75, 3.05) is 0 Å². The number of ether oxygens (including phenoxy) is 1. The number of aromatic hydroxyl groups is 1. The van der Waals surface area contributed by atoms with Crippen LogP contribution in [-0.2, 0) is 21.1 Å². The van der Waals surface area contributed by atoms with Crippen molar-refractivity contribution in [3.05, 3.63) is 16.7 Å². The minimum absolute atomic E-state index is 0.00420. The molecule has 2 N–H and O–H groups in total. The van der Waals surface area contributed by atoms with Gasteiger partial charge in [-0.3, -0.25) is 4.57 Å². The van der Waals surface area contributed by atoms with Crippen molar-refractivity contribution < 1.29 is 19.6 Å². The van der Waals surface area contributed by atoms with Gasteiger partial charge in [0.1, 0.15) is 0 Å². The molecule has 27 heavy (non-hydrogen) atoms. The Balaban J connectivity index is 1.15. The Bertz CT molecular complexity index is 763. The number of imidazole rings is 1. The molecule has 0 aromatic carbocycles. The highest BCUT2D eigenvalue weighted by atomic mass is 17.3. The second-order valence-electron chi connectivity index (χ2n) is 9.71. The number of hydrogen-bond acceptors (Lipinski definition) is 5. The average molecular weight is 376 g/mol. The van der Waals surface area contributed by atoms with Gasteiger partial charge >= 0.3 is 5.69 Å². The molecule has 2 heterocycles. The van der Waals surface area contributed by atoms with Crippen molar-refractivity contribution in [3.8, 4) is 5.88 Å². The summed E-state index contributed by atoms with van der Waals surface area (Å²) in [5, 5.41) is 9.81. The normalized spacial score (nSPS) is 48.1. The molecule has 5 aliphatic carbocycles. The van der Waals surface area contributed by atoms with E-state index in [9.17, 15) is 9.90 Å².